The van der Waals surface area contributed by atoms with Crippen LogP contribution in [0.25, 0.3) is 0 Å². The van der Waals surface area contributed by atoms with Crippen molar-refractivity contribution in [3.05, 3.63) is 29.6 Å². The number of nitrogens with zero attached hydrogens (tertiary/aromatic N) is 1. The molecule has 0 aliphatic rings. The van der Waals surface area contributed by atoms with Crippen molar-refractivity contribution in [2.45, 2.75) is 6.42 Å². The molecule has 0 radical (unpaired) electrons. The zero-order valence-corrected chi connectivity index (χ0v) is 6.67. The van der Waals surface area contributed by atoms with Crippen molar-refractivity contribution in [2.75, 3.05) is 7.11 Å². The molecule has 0 spiro atoms. The van der Waals surface area contributed by atoms with E-state index in [0.717, 1.165) is 0 Å². The summed E-state index contributed by atoms with van der Waals surface area (Å²) in [6.45, 7) is 0. The molecule has 0 fully saturated rings. The third-order valence-corrected chi connectivity index (χ3v) is 1.55. The second kappa shape index (κ2) is 3.72. The average Bonchev–Trinajstić information content (AvgIpc) is 2.09. The Morgan fingerprint density at radius 3 is 2.92 bits per heavy atom. The van der Waals surface area contributed by atoms with Gasteiger partial charge in [-0.2, -0.15) is 5.26 Å². The molecule has 62 valence electrons. The van der Waals surface area contributed by atoms with Crippen LogP contribution in [0.3, 0.4) is 0 Å². The zero-order chi connectivity index (χ0) is 8.97. The molecule has 0 amide bonds. The van der Waals surface area contributed by atoms with E-state index in [1.165, 1.54) is 13.2 Å². The summed E-state index contributed by atoms with van der Waals surface area (Å²) < 4.78 is 17.9. The van der Waals surface area contributed by atoms with Crippen molar-refractivity contribution in [2.24, 2.45) is 0 Å². The van der Waals surface area contributed by atoms with Gasteiger partial charge in [-0.1, -0.05) is 6.07 Å². The topological polar surface area (TPSA) is 33.0 Å². The van der Waals surface area contributed by atoms with Crippen LogP contribution in [0.5, 0.6) is 5.75 Å². The first kappa shape index (κ1) is 8.54. The molecule has 1 aromatic carbocycles. The third-order valence-electron chi connectivity index (χ3n) is 1.55. The van der Waals surface area contributed by atoms with Crippen LogP contribution in [0.1, 0.15) is 5.56 Å². The van der Waals surface area contributed by atoms with Gasteiger partial charge >= 0.3 is 0 Å². The second-order valence-corrected chi connectivity index (χ2v) is 2.26. The molecule has 1 aromatic rings. The minimum absolute atomic E-state index is 0.0375. The fourth-order valence-electron chi connectivity index (χ4n) is 0.981. The number of hydrogen-bond acceptors (Lipinski definition) is 2. The highest BCUT2D eigenvalue weighted by molar-refractivity contribution is 5.36. The van der Waals surface area contributed by atoms with E-state index in [0.29, 0.717) is 11.3 Å². The number of rotatable bonds is 2. The lowest BCUT2D eigenvalue weighted by Gasteiger charge is -2.04. The van der Waals surface area contributed by atoms with Crippen LogP contribution in [0.4, 0.5) is 4.39 Å². The third kappa shape index (κ3) is 1.54. The number of methoxy groups -OCH3 is 1. The highest BCUT2D eigenvalue weighted by Crippen LogP contribution is 2.20. The monoisotopic (exact) mass is 165 g/mol. The molecule has 0 saturated carbocycles. The molecule has 0 unspecified atom stereocenters. The van der Waals surface area contributed by atoms with E-state index in [1.54, 1.807) is 12.1 Å². The van der Waals surface area contributed by atoms with Crippen LogP contribution in [0, 0.1) is 17.1 Å². The lowest BCUT2D eigenvalue weighted by atomic mass is 10.1. The van der Waals surface area contributed by atoms with Gasteiger partial charge < -0.3 is 4.74 Å². The summed E-state index contributed by atoms with van der Waals surface area (Å²) in [5.41, 5.74) is 0.322. The van der Waals surface area contributed by atoms with Gasteiger partial charge in [0.1, 0.15) is 11.6 Å². The Bertz CT molecular complexity index is 317. The van der Waals surface area contributed by atoms with Crippen LogP contribution in [0.15, 0.2) is 18.2 Å². The quantitative estimate of drug-likeness (QED) is 0.670. The largest absolute Gasteiger partial charge is 0.496 e. The second-order valence-electron chi connectivity index (χ2n) is 2.26. The number of hydrogen-bond donors (Lipinski definition) is 0. The van der Waals surface area contributed by atoms with Crippen LogP contribution in [0.2, 0.25) is 0 Å². The van der Waals surface area contributed by atoms with Gasteiger partial charge in [0, 0.05) is 5.56 Å². The van der Waals surface area contributed by atoms with E-state index in [2.05, 4.69) is 0 Å². The molecular weight excluding hydrogens is 157 g/mol. The summed E-state index contributed by atoms with van der Waals surface area (Å²) in [7, 11) is 1.45. The minimum Gasteiger partial charge on any atom is -0.496 e. The maximum atomic E-state index is 13.0. The van der Waals surface area contributed by atoms with E-state index >= 15 is 0 Å². The SMILES string of the molecule is COc1cccc(F)c1CC#N. The van der Waals surface area contributed by atoms with Gasteiger partial charge in [-0.3, -0.25) is 0 Å². The minimum atomic E-state index is -0.393. The van der Waals surface area contributed by atoms with Crippen LogP contribution >= 0.6 is 0 Å². The Balaban J connectivity index is 3.12. The van der Waals surface area contributed by atoms with Crippen molar-refractivity contribution in [3.63, 3.8) is 0 Å². The van der Waals surface area contributed by atoms with Crippen molar-refractivity contribution in [1.29, 1.82) is 5.26 Å². The van der Waals surface area contributed by atoms with Gasteiger partial charge in [-0.25, -0.2) is 4.39 Å². The van der Waals surface area contributed by atoms with Gasteiger partial charge in [-0.15, -0.1) is 0 Å². The average molecular weight is 165 g/mol. The van der Waals surface area contributed by atoms with E-state index in [-0.39, 0.29) is 6.42 Å². The number of halogens is 1. The summed E-state index contributed by atoms with van der Waals surface area (Å²) in [5.74, 6) is 0.0347. The van der Waals surface area contributed by atoms with Crippen LogP contribution < -0.4 is 4.74 Å². The van der Waals surface area contributed by atoms with Gasteiger partial charge in [0.05, 0.1) is 19.6 Å². The van der Waals surface area contributed by atoms with E-state index in [4.69, 9.17) is 10.00 Å². The lowest BCUT2D eigenvalue weighted by molar-refractivity contribution is 0.406. The first-order valence-electron chi connectivity index (χ1n) is 3.48. The van der Waals surface area contributed by atoms with E-state index < -0.39 is 5.82 Å². The van der Waals surface area contributed by atoms with Crippen LogP contribution in [-0.4, -0.2) is 7.11 Å². The summed E-state index contributed by atoms with van der Waals surface area (Å²) in [6.07, 6.45) is 0.0375. The van der Waals surface area contributed by atoms with Gasteiger partial charge in [0.2, 0.25) is 0 Å². The smallest absolute Gasteiger partial charge is 0.131 e. The Morgan fingerprint density at radius 1 is 1.58 bits per heavy atom. The normalized spacial score (nSPS) is 9.08. The Kier molecular flexibility index (Phi) is 2.65. The molecule has 0 aliphatic carbocycles. The summed E-state index contributed by atoms with van der Waals surface area (Å²) in [6, 6.07) is 6.38. The van der Waals surface area contributed by atoms with Gasteiger partial charge in [-0.05, 0) is 12.1 Å². The summed E-state index contributed by atoms with van der Waals surface area (Å²) in [5, 5.41) is 8.39. The Labute approximate surface area is 70.2 Å². The molecule has 0 bridgehead atoms. The summed E-state index contributed by atoms with van der Waals surface area (Å²) >= 11 is 0. The standard InChI is InChI=1S/C9H8FNO/c1-12-9-4-2-3-8(10)7(9)5-6-11/h2-4H,5H2,1H3. The maximum Gasteiger partial charge on any atom is 0.131 e. The molecule has 0 saturated heterocycles. The molecule has 0 N–H and O–H groups in total. The molecule has 2 nitrogen and oxygen atoms in total. The van der Waals surface area contributed by atoms with Gasteiger partial charge in [0.25, 0.3) is 0 Å². The number of nitriles is 1. The van der Waals surface area contributed by atoms with E-state index in [1.807, 2.05) is 6.07 Å². The number of ether oxygens (including phenoxy) is 1. The van der Waals surface area contributed by atoms with E-state index in [9.17, 15) is 4.39 Å². The highest BCUT2D eigenvalue weighted by Gasteiger charge is 2.06. The van der Waals surface area contributed by atoms with Crippen molar-refractivity contribution in [3.8, 4) is 11.8 Å². The Morgan fingerprint density at radius 2 is 2.33 bits per heavy atom. The molecule has 0 aliphatic heterocycles. The fraction of sp³-hybridized carbons (Fsp3) is 0.222. The molecular formula is C9H8FNO. The molecule has 12 heavy (non-hydrogen) atoms. The molecule has 0 aromatic heterocycles. The zero-order valence-electron chi connectivity index (χ0n) is 6.67. The van der Waals surface area contributed by atoms with Crippen molar-refractivity contribution >= 4 is 0 Å². The molecule has 0 heterocycles. The van der Waals surface area contributed by atoms with Gasteiger partial charge in [0.15, 0.2) is 0 Å². The fourth-order valence-corrected chi connectivity index (χ4v) is 0.981. The van der Waals surface area contributed by atoms with Crippen LogP contribution in [-0.2, 0) is 6.42 Å². The Hall–Kier alpha value is -1.56. The van der Waals surface area contributed by atoms with Crippen molar-refractivity contribution < 1.29 is 9.13 Å². The molecule has 0 atom stereocenters. The highest BCUT2D eigenvalue weighted by atomic mass is 19.1. The predicted molar refractivity (Wildman–Crippen MR) is 42.3 cm³/mol. The number of benzene rings is 1. The lowest BCUT2D eigenvalue weighted by Crippen LogP contribution is -1.94. The first-order valence-corrected chi connectivity index (χ1v) is 3.48. The molecule has 1 rings (SSSR count). The predicted octanol–water partition coefficient (Wildman–Crippen LogP) is 1.90. The maximum absolute atomic E-state index is 13.0. The summed E-state index contributed by atoms with van der Waals surface area (Å²) in [4.78, 5) is 0. The van der Waals surface area contributed by atoms with Crippen molar-refractivity contribution in [1.82, 2.24) is 0 Å². The molecule has 3 heteroatoms. The first-order chi connectivity index (χ1) is 5.79.